The molecule has 0 bridgehead atoms. The molecule has 3 heteroatoms. The van der Waals surface area contributed by atoms with Crippen molar-refractivity contribution in [1.82, 2.24) is 15.1 Å². The Morgan fingerprint density at radius 2 is 1.94 bits per heavy atom. The van der Waals surface area contributed by atoms with Gasteiger partial charge in [-0.2, -0.15) is 0 Å². The van der Waals surface area contributed by atoms with Crippen LogP contribution in [0.3, 0.4) is 0 Å². The van der Waals surface area contributed by atoms with Crippen LogP contribution in [0.5, 0.6) is 0 Å². The van der Waals surface area contributed by atoms with Gasteiger partial charge in [-0.1, -0.05) is 6.92 Å². The zero-order chi connectivity index (χ0) is 12.5. The van der Waals surface area contributed by atoms with E-state index in [9.17, 15) is 0 Å². The van der Waals surface area contributed by atoms with Gasteiger partial charge in [0.15, 0.2) is 0 Å². The summed E-state index contributed by atoms with van der Waals surface area (Å²) in [6.45, 7) is 6.02. The fourth-order valence-corrected chi connectivity index (χ4v) is 3.38. The van der Waals surface area contributed by atoms with Gasteiger partial charge in [0.05, 0.1) is 0 Å². The van der Waals surface area contributed by atoms with Gasteiger partial charge >= 0.3 is 0 Å². The van der Waals surface area contributed by atoms with E-state index in [1.807, 2.05) is 0 Å². The number of hydrogen-bond donors (Lipinski definition) is 1. The number of nitrogens with zero attached hydrogens (tertiary/aromatic N) is 2. The van der Waals surface area contributed by atoms with Crippen LogP contribution in [0.4, 0.5) is 0 Å². The zero-order valence-electron chi connectivity index (χ0n) is 12.0. The van der Waals surface area contributed by atoms with Crippen molar-refractivity contribution in [1.29, 1.82) is 0 Å². The van der Waals surface area contributed by atoms with Gasteiger partial charge in [0.2, 0.25) is 0 Å². The molecule has 1 aliphatic heterocycles. The highest BCUT2D eigenvalue weighted by atomic mass is 15.2. The second-order valence-corrected chi connectivity index (χ2v) is 6.50. The summed E-state index contributed by atoms with van der Waals surface area (Å²) in [6, 6.07) is 0.708. The molecular weight excluding hydrogens is 210 g/mol. The second kappa shape index (κ2) is 5.25. The van der Waals surface area contributed by atoms with E-state index >= 15 is 0 Å². The topological polar surface area (TPSA) is 18.5 Å². The van der Waals surface area contributed by atoms with E-state index in [1.54, 1.807) is 0 Å². The summed E-state index contributed by atoms with van der Waals surface area (Å²) in [5.74, 6) is 0.842. The molecule has 0 aromatic rings. The van der Waals surface area contributed by atoms with E-state index in [4.69, 9.17) is 0 Å². The molecule has 1 N–H and O–H groups in total. The van der Waals surface area contributed by atoms with Gasteiger partial charge in [0.25, 0.3) is 0 Å². The van der Waals surface area contributed by atoms with Crippen molar-refractivity contribution in [2.45, 2.75) is 44.2 Å². The lowest BCUT2D eigenvalue weighted by atomic mass is 9.75. The van der Waals surface area contributed by atoms with Gasteiger partial charge in [0, 0.05) is 24.7 Å². The van der Waals surface area contributed by atoms with Gasteiger partial charge in [-0.15, -0.1) is 0 Å². The molecule has 1 saturated heterocycles. The Hall–Kier alpha value is -0.120. The molecule has 17 heavy (non-hydrogen) atoms. The Bertz CT molecular complexity index is 248. The number of hydrogen-bond acceptors (Lipinski definition) is 3. The molecule has 0 aromatic heterocycles. The van der Waals surface area contributed by atoms with Crippen LogP contribution in [-0.2, 0) is 0 Å². The van der Waals surface area contributed by atoms with Crippen molar-refractivity contribution in [2.75, 3.05) is 40.8 Å². The van der Waals surface area contributed by atoms with Gasteiger partial charge in [-0.3, -0.25) is 0 Å². The molecular formula is C14H29N3. The average molecular weight is 239 g/mol. The van der Waals surface area contributed by atoms with Crippen LogP contribution < -0.4 is 5.32 Å². The minimum absolute atomic E-state index is 0.469. The molecule has 0 amide bonds. The molecule has 2 fully saturated rings. The normalized spacial score (nSPS) is 32.1. The molecule has 1 aliphatic carbocycles. The first-order chi connectivity index (χ1) is 8.03. The average Bonchev–Trinajstić information content (AvgIpc) is 2.58. The maximum atomic E-state index is 3.63. The fourth-order valence-electron chi connectivity index (χ4n) is 3.38. The monoisotopic (exact) mass is 239 g/mol. The minimum atomic E-state index is 0.469. The summed E-state index contributed by atoms with van der Waals surface area (Å²) in [5.41, 5.74) is 0.469. The molecule has 0 spiro atoms. The highest BCUT2D eigenvalue weighted by molar-refractivity contribution is 4.98. The van der Waals surface area contributed by atoms with Crippen molar-refractivity contribution in [2.24, 2.45) is 5.92 Å². The number of likely N-dealkylation sites (N-methyl/N-ethyl adjacent to an activating group) is 2. The summed E-state index contributed by atoms with van der Waals surface area (Å²) in [4.78, 5) is 4.98. The van der Waals surface area contributed by atoms with Gasteiger partial charge in [-0.05, 0) is 59.3 Å². The summed E-state index contributed by atoms with van der Waals surface area (Å²) in [6.07, 6.45) is 5.50. The van der Waals surface area contributed by atoms with Crippen LogP contribution in [0, 0.1) is 5.92 Å². The minimum Gasteiger partial charge on any atom is -0.312 e. The van der Waals surface area contributed by atoms with Crippen LogP contribution >= 0.6 is 0 Å². The Morgan fingerprint density at radius 1 is 1.24 bits per heavy atom. The van der Waals surface area contributed by atoms with Crippen LogP contribution in [0.25, 0.3) is 0 Å². The van der Waals surface area contributed by atoms with Gasteiger partial charge in [0.1, 0.15) is 0 Å². The van der Waals surface area contributed by atoms with Crippen molar-refractivity contribution in [3.63, 3.8) is 0 Å². The van der Waals surface area contributed by atoms with E-state index in [1.165, 1.54) is 45.3 Å². The number of nitrogens with one attached hydrogen (secondary N) is 1. The summed E-state index contributed by atoms with van der Waals surface area (Å²) in [5, 5.41) is 3.63. The van der Waals surface area contributed by atoms with Crippen LogP contribution in [0.2, 0.25) is 0 Å². The Balaban J connectivity index is 1.82. The highest BCUT2D eigenvalue weighted by Gasteiger charge is 2.40. The van der Waals surface area contributed by atoms with E-state index in [0.717, 1.165) is 5.92 Å². The van der Waals surface area contributed by atoms with Gasteiger partial charge in [-0.25, -0.2) is 0 Å². The molecule has 2 unspecified atom stereocenters. The molecule has 2 aliphatic rings. The smallest absolute Gasteiger partial charge is 0.0330 e. The van der Waals surface area contributed by atoms with E-state index in [-0.39, 0.29) is 0 Å². The van der Waals surface area contributed by atoms with E-state index in [2.05, 4.69) is 43.2 Å². The Labute approximate surface area is 107 Å². The molecule has 2 atom stereocenters. The third kappa shape index (κ3) is 2.83. The SMILES string of the molecule is CC1CCNC1CN(C)CC1(N(C)C)CCC1. The van der Waals surface area contributed by atoms with Crippen molar-refractivity contribution >= 4 is 0 Å². The summed E-state index contributed by atoms with van der Waals surface area (Å²) >= 11 is 0. The molecule has 100 valence electrons. The summed E-state index contributed by atoms with van der Waals surface area (Å²) < 4.78 is 0. The van der Waals surface area contributed by atoms with Crippen LogP contribution in [-0.4, -0.2) is 62.2 Å². The predicted octanol–water partition coefficient (Wildman–Crippen LogP) is 1.40. The van der Waals surface area contributed by atoms with Crippen LogP contribution in [0.1, 0.15) is 32.6 Å². The molecule has 0 aromatic carbocycles. The highest BCUT2D eigenvalue weighted by Crippen LogP contribution is 2.36. The first-order valence-corrected chi connectivity index (χ1v) is 7.13. The molecule has 2 rings (SSSR count). The maximum absolute atomic E-state index is 3.63. The Kier molecular flexibility index (Phi) is 4.11. The molecule has 1 saturated carbocycles. The lowest BCUT2D eigenvalue weighted by molar-refractivity contribution is 0.0251. The maximum Gasteiger partial charge on any atom is 0.0330 e. The third-order valence-electron chi connectivity index (χ3n) is 5.00. The molecule has 0 radical (unpaired) electrons. The van der Waals surface area contributed by atoms with Crippen molar-refractivity contribution in [3.05, 3.63) is 0 Å². The lowest BCUT2D eigenvalue weighted by Gasteiger charge is -2.49. The van der Waals surface area contributed by atoms with Crippen LogP contribution in [0.15, 0.2) is 0 Å². The first-order valence-electron chi connectivity index (χ1n) is 7.13. The first kappa shape index (κ1) is 13.3. The quantitative estimate of drug-likeness (QED) is 0.782. The Morgan fingerprint density at radius 3 is 2.35 bits per heavy atom. The van der Waals surface area contributed by atoms with Crippen molar-refractivity contribution in [3.8, 4) is 0 Å². The largest absolute Gasteiger partial charge is 0.312 e. The lowest BCUT2D eigenvalue weighted by Crippen LogP contribution is -2.57. The summed E-state index contributed by atoms with van der Waals surface area (Å²) in [7, 11) is 6.77. The van der Waals surface area contributed by atoms with Crippen molar-refractivity contribution < 1.29 is 0 Å². The van der Waals surface area contributed by atoms with E-state index in [0.29, 0.717) is 11.6 Å². The van der Waals surface area contributed by atoms with E-state index < -0.39 is 0 Å². The second-order valence-electron chi connectivity index (χ2n) is 6.50. The third-order valence-corrected chi connectivity index (χ3v) is 5.00. The molecule has 1 heterocycles. The zero-order valence-corrected chi connectivity index (χ0v) is 12.0. The number of rotatable bonds is 5. The van der Waals surface area contributed by atoms with Gasteiger partial charge < -0.3 is 15.1 Å². The predicted molar refractivity (Wildman–Crippen MR) is 73.3 cm³/mol. The standard InChI is InChI=1S/C14H29N3/c1-12-6-9-15-13(12)10-17(4)11-14(16(2)3)7-5-8-14/h12-13,15H,5-11H2,1-4H3. The fraction of sp³-hybridized carbons (Fsp3) is 1.00. The molecule has 3 nitrogen and oxygen atoms in total.